The second kappa shape index (κ2) is 4.12. The molecule has 0 spiro atoms. The van der Waals surface area contributed by atoms with Gasteiger partial charge in [-0.05, 0) is 18.2 Å². The summed E-state index contributed by atoms with van der Waals surface area (Å²) in [5.41, 5.74) is 1.72. The van der Waals surface area contributed by atoms with E-state index in [-0.39, 0.29) is 5.56 Å². The molecule has 3 rings (SSSR count). The molecule has 0 aliphatic carbocycles. The quantitative estimate of drug-likeness (QED) is 0.720. The van der Waals surface area contributed by atoms with Gasteiger partial charge in [0.15, 0.2) is 5.82 Å². The Morgan fingerprint density at radius 2 is 1.89 bits per heavy atom. The highest BCUT2D eigenvalue weighted by Crippen LogP contribution is 2.28. The third-order valence-electron chi connectivity index (χ3n) is 2.45. The van der Waals surface area contributed by atoms with Gasteiger partial charge in [-0.15, -0.1) is 0 Å². The fraction of sp³-hybridized carbons (Fsp3) is 0. The maximum Gasteiger partial charge on any atom is 0.264 e. The predicted molar refractivity (Wildman–Crippen MR) is 70.0 cm³/mol. The maximum absolute atomic E-state index is 10.9. The van der Waals surface area contributed by atoms with E-state index in [4.69, 9.17) is 23.2 Å². The van der Waals surface area contributed by atoms with E-state index in [1.807, 2.05) is 0 Å². The lowest BCUT2D eigenvalue weighted by Gasteiger charge is -1.93. The first-order valence-corrected chi connectivity index (χ1v) is 5.80. The van der Waals surface area contributed by atoms with Crippen molar-refractivity contribution in [2.45, 2.75) is 0 Å². The van der Waals surface area contributed by atoms with Crippen LogP contribution in [0.3, 0.4) is 0 Å². The molecule has 0 amide bonds. The van der Waals surface area contributed by atoms with Crippen molar-refractivity contribution in [2.75, 3.05) is 0 Å². The van der Waals surface area contributed by atoms with Gasteiger partial charge in [0.25, 0.3) is 5.56 Å². The number of hydrogen-bond acceptors (Lipinski definition) is 3. The van der Waals surface area contributed by atoms with Crippen LogP contribution in [0.2, 0.25) is 10.0 Å². The standard InChI is InChI=1S/C11H6Cl2N4O/c12-5-3-8-9(4-6(5)13)15-11(14-8)7-1-2-10(18)17-16-7/h1-4H,(H,14,15)(H,17,18). The Bertz CT molecular complexity index is 734. The first-order chi connectivity index (χ1) is 8.63. The predicted octanol–water partition coefficient (Wildman–Crippen LogP) is 2.62. The van der Waals surface area contributed by atoms with Gasteiger partial charge in [0.1, 0.15) is 5.69 Å². The summed E-state index contributed by atoms with van der Waals surface area (Å²) in [6, 6.07) is 6.33. The normalized spacial score (nSPS) is 11.0. The molecule has 0 aliphatic heterocycles. The molecular formula is C11H6Cl2N4O. The second-order valence-electron chi connectivity index (χ2n) is 3.68. The summed E-state index contributed by atoms with van der Waals surface area (Å²) in [6.45, 7) is 0. The molecule has 2 aromatic heterocycles. The average Bonchev–Trinajstić information content (AvgIpc) is 2.73. The number of hydrogen-bond donors (Lipinski definition) is 2. The van der Waals surface area contributed by atoms with Crippen LogP contribution in [0.5, 0.6) is 0 Å². The van der Waals surface area contributed by atoms with E-state index < -0.39 is 0 Å². The Morgan fingerprint density at radius 1 is 1.11 bits per heavy atom. The zero-order valence-corrected chi connectivity index (χ0v) is 10.4. The highest BCUT2D eigenvalue weighted by atomic mass is 35.5. The van der Waals surface area contributed by atoms with Crippen molar-refractivity contribution in [3.8, 4) is 11.5 Å². The number of nitrogens with zero attached hydrogens (tertiary/aromatic N) is 2. The minimum Gasteiger partial charge on any atom is -0.337 e. The van der Waals surface area contributed by atoms with Crippen molar-refractivity contribution in [1.82, 2.24) is 20.2 Å². The largest absolute Gasteiger partial charge is 0.337 e. The smallest absolute Gasteiger partial charge is 0.264 e. The average molecular weight is 281 g/mol. The van der Waals surface area contributed by atoms with Crippen molar-refractivity contribution < 1.29 is 0 Å². The Morgan fingerprint density at radius 3 is 2.61 bits per heavy atom. The molecule has 0 saturated carbocycles. The van der Waals surface area contributed by atoms with Crippen LogP contribution in [0.25, 0.3) is 22.6 Å². The lowest BCUT2D eigenvalue weighted by Crippen LogP contribution is -2.05. The summed E-state index contributed by atoms with van der Waals surface area (Å²) in [5, 5.41) is 7.13. The first-order valence-electron chi connectivity index (χ1n) is 5.04. The molecule has 0 bridgehead atoms. The van der Waals surface area contributed by atoms with Gasteiger partial charge in [-0.1, -0.05) is 23.2 Å². The number of aromatic nitrogens is 4. The third kappa shape index (κ3) is 1.87. The number of fused-ring (bicyclic) bond motifs is 1. The van der Waals surface area contributed by atoms with E-state index in [9.17, 15) is 4.79 Å². The van der Waals surface area contributed by atoms with Crippen LogP contribution < -0.4 is 5.56 Å². The number of halogens is 2. The maximum atomic E-state index is 10.9. The molecule has 7 heteroatoms. The number of aromatic amines is 2. The molecule has 1 aromatic carbocycles. The summed E-state index contributed by atoms with van der Waals surface area (Å²) >= 11 is 11.8. The Labute approximate surface area is 111 Å². The van der Waals surface area contributed by atoms with Crippen molar-refractivity contribution in [1.29, 1.82) is 0 Å². The Balaban J connectivity index is 2.19. The van der Waals surface area contributed by atoms with Gasteiger partial charge in [-0.25, -0.2) is 10.1 Å². The van der Waals surface area contributed by atoms with E-state index in [1.54, 1.807) is 18.2 Å². The zero-order valence-electron chi connectivity index (χ0n) is 8.87. The van der Waals surface area contributed by atoms with Gasteiger partial charge in [0.05, 0.1) is 21.1 Å². The lowest BCUT2D eigenvalue weighted by molar-refractivity contribution is 0.985. The van der Waals surface area contributed by atoms with Crippen molar-refractivity contribution in [2.24, 2.45) is 0 Å². The fourth-order valence-corrected chi connectivity index (χ4v) is 1.92. The zero-order chi connectivity index (χ0) is 12.7. The fourth-order valence-electron chi connectivity index (χ4n) is 1.60. The Hall–Kier alpha value is -1.85. The van der Waals surface area contributed by atoms with Crippen molar-refractivity contribution >= 4 is 34.2 Å². The number of benzene rings is 1. The molecule has 0 atom stereocenters. The molecule has 18 heavy (non-hydrogen) atoms. The molecule has 0 aliphatic rings. The van der Waals surface area contributed by atoms with Crippen LogP contribution in [0.4, 0.5) is 0 Å². The third-order valence-corrected chi connectivity index (χ3v) is 3.17. The minimum atomic E-state index is -0.263. The molecule has 3 aromatic rings. The summed E-state index contributed by atoms with van der Waals surface area (Å²) in [5.74, 6) is 0.541. The van der Waals surface area contributed by atoms with Crippen LogP contribution in [-0.2, 0) is 0 Å². The highest BCUT2D eigenvalue weighted by Gasteiger charge is 2.09. The monoisotopic (exact) mass is 280 g/mol. The molecule has 0 radical (unpaired) electrons. The van der Waals surface area contributed by atoms with Gasteiger partial charge < -0.3 is 4.98 Å². The van der Waals surface area contributed by atoms with Gasteiger partial charge in [-0.3, -0.25) is 4.79 Å². The first kappa shape index (κ1) is 11.3. The minimum absolute atomic E-state index is 0.263. The summed E-state index contributed by atoms with van der Waals surface area (Å²) in [4.78, 5) is 18.3. The topological polar surface area (TPSA) is 74.4 Å². The molecule has 2 heterocycles. The van der Waals surface area contributed by atoms with E-state index in [2.05, 4.69) is 20.2 Å². The van der Waals surface area contributed by atoms with E-state index in [0.717, 1.165) is 5.52 Å². The number of imidazole rings is 1. The molecule has 5 nitrogen and oxygen atoms in total. The summed E-state index contributed by atoms with van der Waals surface area (Å²) < 4.78 is 0. The second-order valence-corrected chi connectivity index (χ2v) is 4.49. The highest BCUT2D eigenvalue weighted by molar-refractivity contribution is 6.42. The summed E-state index contributed by atoms with van der Waals surface area (Å²) in [7, 11) is 0. The van der Waals surface area contributed by atoms with Crippen LogP contribution in [-0.4, -0.2) is 20.2 Å². The van der Waals surface area contributed by atoms with Crippen molar-refractivity contribution in [3.63, 3.8) is 0 Å². The lowest BCUT2D eigenvalue weighted by atomic mass is 10.3. The van der Waals surface area contributed by atoms with Gasteiger partial charge in [-0.2, -0.15) is 5.10 Å². The van der Waals surface area contributed by atoms with Gasteiger partial charge in [0.2, 0.25) is 0 Å². The molecule has 2 N–H and O–H groups in total. The van der Waals surface area contributed by atoms with Crippen LogP contribution in [0.15, 0.2) is 29.1 Å². The van der Waals surface area contributed by atoms with E-state index >= 15 is 0 Å². The summed E-state index contributed by atoms with van der Waals surface area (Å²) in [6.07, 6.45) is 0. The molecular weight excluding hydrogens is 275 g/mol. The van der Waals surface area contributed by atoms with E-state index in [0.29, 0.717) is 27.1 Å². The number of rotatable bonds is 1. The van der Waals surface area contributed by atoms with Crippen molar-refractivity contribution in [3.05, 3.63) is 44.7 Å². The van der Waals surface area contributed by atoms with Gasteiger partial charge >= 0.3 is 0 Å². The molecule has 0 saturated heterocycles. The molecule has 0 fully saturated rings. The number of H-pyrrole nitrogens is 2. The number of nitrogens with one attached hydrogen (secondary N) is 2. The van der Waals surface area contributed by atoms with Crippen LogP contribution in [0, 0.1) is 0 Å². The SMILES string of the molecule is O=c1ccc(-c2nc3cc(Cl)c(Cl)cc3[nH]2)n[nH]1. The van der Waals surface area contributed by atoms with Gasteiger partial charge in [0, 0.05) is 6.07 Å². The molecule has 0 unspecified atom stereocenters. The Kier molecular flexibility index (Phi) is 2.57. The van der Waals surface area contributed by atoms with Crippen LogP contribution in [0.1, 0.15) is 0 Å². The van der Waals surface area contributed by atoms with Crippen LogP contribution >= 0.6 is 23.2 Å². The van der Waals surface area contributed by atoms with E-state index in [1.165, 1.54) is 6.07 Å². The molecule has 90 valence electrons.